The Morgan fingerprint density at radius 2 is 2.19 bits per heavy atom. The lowest BCUT2D eigenvalue weighted by molar-refractivity contribution is 0.183. The molecule has 0 aromatic carbocycles. The molecule has 1 atom stereocenters. The van der Waals surface area contributed by atoms with Gasteiger partial charge in [-0.25, -0.2) is 9.78 Å². The standard InChI is InChI=1S/C15H24N4O2/c1-5-12(10(2)3)17-15(21)19-7-6-11-13(8-19)16-9-18(4)14(11)20/h9-10,12H,5-8H2,1-4H3,(H,17,21)/t12-/m1/s1. The normalized spacial score (nSPS) is 15.8. The van der Waals surface area contributed by atoms with Crippen LogP contribution in [0.4, 0.5) is 4.79 Å². The zero-order valence-electron chi connectivity index (χ0n) is 13.2. The quantitative estimate of drug-likeness (QED) is 0.912. The topological polar surface area (TPSA) is 67.2 Å². The molecule has 0 aliphatic carbocycles. The van der Waals surface area contributed by atoms with Crippen molar-refractivity contribution in [2.75, 3.05) is 6.54 Å². The van der Waals surface area contributed by atoms with Gasteiger partial charge >= 0.3 is 6.03 Å². The van der Waals surface area contributed by atoms with Crippen molar-refractivity contribution in [3.05, 3.63) is 27.9 Å². The van der Waals surface area contributed by atoms with Gasteiger partial charge in [-0.2, -0.15) is 0 Å². The van der Waals surface area contributed by atoms with E-state index >= 15 is 0 Å². The second kappa shape index (κ2) is 6.28. The van der Waals surface area contributed by atoms with Crippen LogP contribution in [0.15, 0.2) is 11.1 Å². The SMILES string of the molecule is CC[C@@H](NC(=O)N1CCc2c(ncn(C)c2=O)C1)C(C)C. The summed E-state index contributed by atoms with van der Waals surface area (Å²) in [4.78, 5) is 30.4. The Kier molecular flexibility index (Phi) is 4.65. The van der Waals surface area contributed by atoms with Crippen molar-refractivity contribution >= 4 is 6.03 Å². The summed E-state index contributed by atoms with van der Waals surface area (Å²) in [6.07, 6.45) is 3.00. The van der Waals surface area contributed by atoms with E-state index in [0.717, 1.165) is 17.7 Å². The molecule has 0 spiro atoms. The summed E-state index contributed by atoms with van der Waals surface area (Å²) < 4.78 is 1.49. The number of urea groups is 1. The molecule has 0 saturated carbocycles. The molecule has 0 unspecified atom stereocenters. The number of carbonyl (C=O) groups excluding carboxylic acids is 1. The molecule has 2 heterocycles. The third-order valence-corrected chi connectivity index (χ3v) is 4.13. The minimum Gasteiger partial charge on any atom is -0.335 e. The van der Waals surface area contributed by atoms with Gasteiger partial charge < -0.3 is 14.8 Å². The zero-order valence-corrected chi connectivity index (χ0v) is 13.2. The number of amides is 2. The van der Waals surface area contributed by atoms with Gasteiger partial charge in [0, 0.05) is 25.2 Å². The van der Waals surface area contributed by atoms with Crippen molar-refractivity contribution in [3.8, 4) is 0 Å². The van der Waals surface area contributed by atoms with Gasteiger partial charge in [-0.15, -0.1) is 0 Å². The van der Waals surface area contributed by atoms with Gasteiger partial charge in [0.1, 0.15) is 0 Å². The van der Waals surface area contributed by atoms with Crippen LogP contribution in [-0.2, 0) is 20.0 Å². The molecule has 2 rings (SSSR count). The molecule has 1 aliphatic heterocycles. The fraction of sp³-hybridized carbons (Fsp3) is 0.667. The minimum absolute atomic E-state index is 0.00586. The van der Waals surface area contributed by atoms with Gasteiger partial charge in [0.15, 0.2) is 0 Å². The van der Waals surface area contributed by atoms with Crippen LogP contribution in [0.1, 0.15) is 38.4 Å². The number of fused-ring (bicyclic) bond motifs is 1. The largest absolute Gasteiger partial charge is 0.335 e. The molecule has 116 valence electrons. The lowest BCUT2D eigenvalue weighted by Gasteiger charge is -2.30. The summed E-state index contributed by atoms with van der Waals surface area (Å²) in [6, 6.07) is 0.110. The molecule has 1 N–H and O–H groups in total. The molecule has 21 heavy (non-hydrogen) atoms. The number of nitrogens with zero attached hydrogens (tertiary/aromatic N) is 3. The summed E-state index contributed by atoms with van der Waals surface area (Å²) in [5.74, 6) is 0.404. The van der Waals surface area contributed by atoms with Crippen molar-refractivity contribution < 1.29 is 4.79 Å². The van der Waals surface area contributed by atoms with E-state index in [9.17, 15) is 9.59 Å². The third kappa shape index (κ3) is 3.25. The maximum Gasteiger partial charge on any atom is 0.317 e. The maximum atomic E-state index is 12.3. The number of carbonyl (C=O) groups is 1. The molecule has 1 aliphatic rings. The second-order valence-corrected chi connectivity index (χ2v) is 5.97. The molecule has 0 bridgehead atoms. The van der Waals surface area contributed by atoms with Crippen molar-refractivity contribution in [2.45, 2.75) is 46.2 Å². The first-order valence-electron chi connectivity index (χ1n) is 7.52. The van der Waals surface area contributed by atoms with Crippen molar-refractivity contribution in [1.82, 2.24) is 19.8 Å². The lowest BCUT2D eigenvalue weighted by Crippen LogP contribution is -2.49. The summed E-state index contributed by atoms with van der Waals surface area (Å²) in [6.45, 7) is 7.25. The predicted molar refractivity (Wildman–Crippen MR) is 81.0 cm³/mol. The van der Waals surface area contributed by atoms with Gasteiger partial charge in [0.2, 0.25) is 0 Å². The highest BCUT2D eigenvalue weighted by atomic mass is 16.2. The van der Waals surface area contributed by atoms with Gasteiger partial charge in [-0.05, 0) is 18.8 Å². The Morgan fingerprint density at radius 3 is 2.81 bits per heavy atom. The van der Waals surface area contributed by atoms with Crippen LogP contribution in [-0.4, -0.2) is 33.1 Å². The van der Waals surface area contributed by atoms with Crippen LogP contribution in [0.25, 0.3) is 0 Å². The Labute approximate surface area is 125 Å². The minimum atomic E-state index is -0.0660. The summed E-state index contributed by atoms with van der Waals surface area (Å²) in [5.41, 5.74) is 1.45. The molecule has 1 aromatic heterocycles. The number of aromatic nitrogens is 2. The molecule has 0 saturated heterocycles. The fourth-order valence-corrected chi connectivity index (χ4v) is 2.68. The van der Waals surface area contributed by atoms with E-state index < -0.39 is 0 Å². The summed E-state index contributed by atoms with van der Waals surface area (Å²) in [7, 11) is 1.70. The summed E-state index contributed by atoms with van der Waals surface area (Å²) in [5, 5.41) is 3.07. The summed E-state index contributed by atoms with van der Waals surface area (Å²) >= 11 is 0. The Morgan fingerprint density at radius 1 is 1.48 bits per heavy atom. The van der Waals surface area contributed by atoms with E-state index in [4.69, 9.17) is 0 Å². The van der Waals surface area contributed by atoms with Gasteiger partial charge in [0.25, 0.3) is 5.56 Å². The van der Waals surface area contributed by atoms with Gasteiger partial charge in [-0.3, -0.25) is 4.79 Å². The van der Waals surface area contributed by atoms with E-state index in [2.05, 4.69) is 31.1 Å². The van der Waals surface area contributed by atoms with E-state index in [1.165, 1.54) is 10.9 Å². The number of hydrogen-bond donors (Lipinski definition) is 1. The van der Waals surface area contributed by atoms with Crippen LogP contribution < -0.4 is 10.9 Å². The van der Waals surface area contributed by atoms with E-state index in [1.54, 1.807) is 11.9 Å². The number of nitrogens with one attached hydrogen (secondary N) is 1. The first kappa shape index (κ1) is 15.5. The number of hydrogen-bond acceptors (Lipinski definition) is 3. The highest BCUT2D eigenvalue weighted by molar-refractivity contribution is 5.74. The molecule has 0 fully saturated rings. The predicted octanol–water partition coefficient (Wildman–Crippen LogP) is 1.28. The lowest BCUT2D eigenvalue weighted by atomic mass is 10.0. The van der Waals surface area contributed by atoms with Crippen molar-refractivity contribution in [2.24, 2.45) is 13.0 Å². The van der Waals surface area contributed by atoms with Crippen LogP contribution in [0.3, 0.4) is 0 Å². The first-order chi connectivity index (χ1) is 9.93. The highest BCUT2D eigenvalue weighted by Crippen LogP contribution is 2.14. The van der Waals surface area contributed by atoms with E-state index in [1.807, 2.05) is 0 Å². The van der Waals surface area contributed by atoms with E-state index in [0.29, 0.717) is 25.4 Å². The molecular weight excluding hydrogens is 268 g/mol. The monoisotopic (exact) mass is 292 g/mol. The van der Waals surface area contributed by atoms with Gasteiger partial charge in [0.05, 0.1) is 18.6 Å². The second-order valence-electron chi connectivity index (χ2n) is 5.97. The molecular formula is C15H24N4O2. The smallest absolute Gasteiger partial charge is 0.317 e. The fourth-order valence-electron chi connectivity index (χ4n) is 2.68. The molecule has 0 radical (unpaired) electrons. The molecule has 6 heteroatoms. The van der Waals surface area contributed by atoms with Crippen LogP contribution in [0, 0.1) is 5.92 Å². The van der Waals surface area contributed by atoms with E-state index in [-0.39, 0.29) is 17.6 Å². The van der Waals surface area contributed by atoms with Crippen molar-refractivity contribution in [3.63, 3.8) is 0 Å². The maximum absolute atomic E-state index is 12.3. The average Bonchev–Trinajstić information content (AvgIpc) is 2.47. The van der Waals surface area contributed by atoms with Crippen LogP contribution in [0.2, 0.25) is 0 Å². The third-order valence-electron chi connectivity index (χ3n) is 4.13. The average molecular weight is 292 g/mol. The Hall–Kier alpha value is -1.85. The Balaban J connectivity index is 2.09. The molecule has 2 amide bonds. The zero-order chi connectivity index (χ0) is 15.6. The first-order valence-corrected chi connectivity index (χ1v) is 7.52. The van der Waals surface area contributed by atoms with Crippen LogP contribution >= 0.6 is 0 Å². The highest BCUT2D eigenvalue weighted by Gasteiger charge is 2.25. The van der Waals surface area contributed by atoms with Crippen molar-refractivity contribution in [1.29, 1.82) is 0 Å². The molecule has 1 aromatic rings. The van der Waals surface area contributed by atoms with Crippen LogP contribution in [0.5, 0.6) is 0 Å². The number of rotatable bonds is 3. The van der Waals surface area contributed by atoms with Gasteiger partial charge in [-0.1, -0.05) is 20.8 Å². The molecule has 6 nitrogen and oxygen atoms in total. The Bertz CT molecular complexity index is 580. The number of aryl methyl sites for hydroxylation is 1.